The molecule has 0 bridgehead atoms. The first-order valence-corrected chi connectivity index (χ1v) is 21.7. The molecule has 7 atom stereocenters. The van der Waals surface area contributed by atoms with Crippen molar-refractivity contribution < 1.29 is 49.0 Å². The molecule has 4 fully saturated rings. The van der Waals surface area contributed by atoms with Gasteiger partial charge in [0.1, 0.15) is 17.7 Å². The summed E-state index contributed by atoms with van der Waals surface area (Å²) in [4.78, 5) is 40.8. The van der Waals surface area contributed by atoms with E-state index in [9.17, 15) is 34.8 Å². The van der Waals surface area contributed by atoms with E-state index in [0.717, 1.165) is 56.1 Å². The Bertz CT molecular complexity index is 1500. The Labute approximate surface area is 332 Å². The molecule has 12 nitrogen and oxygen atoms in total. The van der Waals surface area contributed by atoms with Crippen LogP contribution in [0.15, 0.2) is 12.1 Å². The average Bonchev–Trinajstić information content (AvgIpc) is 3.69. The summed E-state index contributed by atoms with van der Waals surface area (Å²) < 4.78 is 19.4. The molecule has 6 N–H and O–H groups in total. The highest BCUT2D eigenvalue weighted by atomic mass is 16.6. The largest absolute Gasteiger partial charge is 0.504 e. The number of hydrogen-bond acceptors (Lipinski definition) is 11. The lowest BCUT2D eigenvalue weighted by molar-refractivity contribution is -0.179. The number of phenols is 1. The molecule has 2 aliphatic carbocycles. The molecule has 5 aliphatic rings. The van der Waals surface area contributed by atoms with E-state index in [4.69, 9.17) is 14.2 Å². The molecule has 0 spiro atoms. The number of amides is 1. The van der Waals surface area contributed by atoms with Crippen LogP contribution in [0.25, 0.3) is 0 Å². The third-order valence-corrected chi connectivity index (χ3v) is 14.6. The van der Waals surface area contributed by atoms with E-state index in [2.05, 4.69) is 10.6 Å². The fourth-order valence-corrected chi connectivity index (χ4v) is 11.3. The quantitative estimate of drug-likeness (QED) is 0.117. The number of aliphatic hydroxyl groups is 3. The second-order valence-corrected chi connectivity index (χ2v) is 18.1. The average molecular weight is 785 g/mol. The van der Waals surface area contributed by atoms with Crippen LogP contribution in [0, 0.1) is 28.6 Å². The molecule has 12 heteroatoms. The number of rotatable bonds is 17. The number of piperidine rings is 2. The van der Waals surface area contributed by atoms with E-state index in [1.165, 1.54) is 6.92 Å². The molecule has 1 amide bonds. The van der Waals surface area contributed by atoms with Gasteiger partial charge in [0.2, 0.25) is 5.91 Å². The lowest BCUT2D eigenvalue weighted by Crippen LogP contribution is -2.65. The summed E-state index contributed by atoms with van der Waals surface area (Å²) in [5.41, 5.74) is -0.0181. The lowest BCUT2D eigenvalue weighted by Gasteiger charge is -2.49. The normalized spacial score (nSPS) is 27.7. The second kappa shape index (κ2) is 18.8. The van der Waals surface area contributed by atoms with Crippen molar-refractivity contribution in [2.75, 3.05) is 32.9 Å². The number of benzene rings is 1. The van der Waals surface area contributed by atoms with Gasteiger partial charge in [-0.15, -0.1) is 0 Å². The third-order valence-electron chi connectivity index (χ3n) is 14.6. The van der Waals surface area contributed by atoms with Crippen molar-refractivity contribution in [1.82, 2.24) is 10.6 Å². The number of esters is 2. The highest BCUT2D eigenvalue weighted by molar-refractivity contribution is 5.90. The van der Waals surface area contributed by atoms with Gasteiger partial charge in [0.05, 0.1) is 12.7 Å². The van der Waals surface area contributed by atoms with Gasteiger partial charge in [0, 0.05) is 49.9 Å². The number of hydrogen-bond donors (Lipinski definition) is 6. The van der Waals surface area contributed by atoms with Crippen LogP contribution in [-0.2, 0) is 36.7 Å². The summed E-state index contributed by atoms with van der Waals surface area (Å²) in [6.07, 6.45) is 11.1. The van der Waals surface area contributed by atoms with Gasteiger partial charge >= 0.3 is 11.9 Å². The van der Waals surface area contributed by atoms with Crippen LogP contribution in [-0.4, -0.2) is 95.0 Å². The molecule has 0 radical (unpaired) electrons. The number of fused-ring (bicyclic) bond motifs is 2. The van der Waals surface area contributed by atoms with Gasteiger partial charge in [-0.25, -0.2) is 4.79 Å². The molecule has 1 aromatic rings. The van der Waals surface area contributed by atoms with Crippen molar-refractivity contribution in [1.29, 1.82) is 0 Å². The minimum Gasteiger partial charge on any atom is -0.504 e. The van der Waals surface area contributed by atoms with Gasteiger partial charge in [-0.05, 0) is 132 Å². The third kappa shape index (κ3) is 9.34. The number of aliphatic hydroxyl groups excluding tert-OH is 3. The maximum atomic E-state index is 14.9. The first-order valence-electron chi connectivity index (χ1n) is 21.7. The molecule has 0 aromatic heterocycles. The van der Waals surface area contributed by atoms with Gasteiger partial charge in [0.15, 0.2) is 11.5 Å². The second-order valence-electron chi connectivity index (χ2n) is 18.1. The molecular weight excluding hydrogens is 716 g/mol. The molecule has 56 heavy (non-hydrogen) atoms. The Kier molecular flexibility index (Phi) is 14.3. The summed E-state index contributed by atoms with van der Waals surface area (Å²) in [6.45, 7) is 4.99. The van der Waals surface area contributed by atoms with Crippen LogP contribution in [0.2, 0.25) is 0 Å². The predicted octanol–water partition coefficient (Wildman–Crippen LogP) is 5.03. The Morgan fingerprint density at radius 1 is 0.964 bits per heavy atom. The SMILES string of the molecule is CC(=O)O[C@@H](C[C@@H](OC(=O)[C@@]12CCCC[C@@H]1CCC(=O)N2)C1(Cc2ccc(O)c3c2C[C@H](C2(CO)CCCC2)CO3)CCNCC1)[C@@H](CCCO)CC[C@H](C)O. The standard InChI is InChI=1S/C44H68N2O10/c1-29(49)10-11-31(8-7-23-47)37(55-30(2)50)25-38(56-41(53)44-18-4-3-9-33(44)13-15-39(52)46-44)42(19-21-45-22-20-42)26-32-12-14-36(51)40-35(32)24-34(27-54-40)43(28-48)16-5-6-17-43/h12,14,29,31,33-34,37-38,45,47-49,51H,3-11,13,15-28H2,1-2H3,(H,46,52)/t29-,31-,33+,34-,37-,38+,44+/m0/s1. The zero-order valence-electron chi connectivity index (χ0n) is 33.8. The Balaban J connectivity index is 1.41. The number of nitrogens with one attached hydrogen (secondary N) is 2. The smallest absolute Gasteiger partial charge is 0.332 e. The maximum absolute atomic E-state index is 14.9. The Morgan fingerprint density at radius 2 is 1.71 bits per heavy atom. The fourth-order valence-electron chi connectivity index (χ4n) is 11.3. The van der Waals surface area contributed by atoms with Crippen LogP contribution in [0.3, 0.4) is 0 Å². The highest BCUT2D eigenvalue weighted by Gasteiger charge is 2.54. The molecule has 2 saturated carbocycles. The number of ether oxygens (including phenoxy) is 3. The summed E-state index contributed by atoms with van der Waals surface area (Å²) in [5, 5.41) is 48.6. The minimum atomic E-state index is -1.11. The van der Waals surface area contributed by atoms with E-state index >= 15 is 0 Å². The van der Waals surface area contributed by atoms with Gasteiger partial charge in [-0.2, -0.15) is 0 Å². The van der Waals surface area contributed by atoms with Gasteiger partial charge in [-0.3, -0.25) is 9.59 Å². The Hall–Kier alpha value is -2.93. The zero-order valence-corrected chi connectivity index (χ0v) is 33.8. The van der Waals surface area contributed by atoms with E-state index in [0.29, 0.717) is 96.1 Å². The zero-order chi connectivity index (χ0) is 39.9. The van der Waals surface area contributed by atoms with Crippen LogP contribution < -0.4 is 15.4 Å². The first kappa shape index (κ1) is 42.7. The van der Waals surface area contributed by atoms with Gasteiger partial charge < -0.3 is 45.3 Å². The predicted molar refractivity (Wildman–Crippen MR) is 210 cm³/mol. The fraction of sp³-hybridized carbons (Fsp3) is 0.795. The van der Waals surface area contributed by atoms with Crippen molar-refractivity contribution in [3.05, 3.63) is 23.3 Å². The summed E-state index contributed by atoms with van der Waals surface area (Å²) in [7, 11) is 0. The monoisotopic (exact) mass is 784 g/mol. The molecule has 2 saturated heterocycles. The molecular formula is C44H68N2O10. The van der Waals surface area contributed by atoms with Crippen molar-refractivity contribution >= 4 is 17.8 Å². The molecule has 3 heterocycles. The summed E-state index contributed by atoms with van der Waals surface area (Å²) in [5.74, 6) is -0.567. The Morgan fingerprint density at radius 3 is 2.41 bits per heavy atom. The van der Waals surface area contributed by atoms with Crippen molar-refractivity contribution in [3.8, 4) is 11.5 Å². The van der Waals surface area contributed by atoms with Crippen LogP contribution >= 0.6 is 0 Å². The van der Waals surface area contributed by atoms with E-state index in [-0.39, 0.29) is 54.5 Å². The van der Waals surface area contributed by atoms with Gasteiger partial charge in [0.25, 0.3) is 0 Å². The summed E-state index contributed by atoms with van der Waals surface area (Å²) >= 11 is 0. The van der Waals surface area contributed by atoms with Gasteiger partial charge in [-0.1, -0.05) is 31.7 Å². The lowest BCUT2D eigenvalue weighted by atomic mass is 9.65. The highest BCUT2D eigenvalue weighted by Crippen LogP contribution is 2.51. The summed E-state index contributed by atoms with van der Waals surface area (Å²) in [6, 6.07) is 3.66. The van der Waals surface area contributed by atoms with Crippen molar-refractivity contribution in [3.63, 3.8) is 0 Å². The number of carbonyl (C=O) groups excluding carboxylic acids is 3. The van der Waals surface area contributed by atoms with Crippen molar-refractivity contribution in [2.24, 2.45) is 28.6 Å². The molecule has 6 rings (SSSR count). The maximum Gasteiger partial charge on any atom is 0.332 e. The van der Waals surface area contributed by atoms with Crippen LogP contribution in [0.5, 0.6) is 11.5 Å². The first-order chi connectivity index (χ1) is 26.9. The number of carbonyl (C=O) groups is 3. The number of aromatic hydroxyl groups is 1. The molecule has 3 aliphatic heterocycles. The molecule has 0 unspecified atom stereocenters. The van der Waals surface area contributed by atoms with E-state index in [1.807, 2.05) is 6.07 Å². The topological polar surface area (TPSA) is 184 Å². The number of phenolic OH excluding ortho intramolecular Hbond substituents is 1. The molecule has 314 valence electrons. The van der Waals surface area contributed by atoms with Crippen LogP contribution in [0.1, 0.15) is 134 Å². The molecule has 1 aromatic carbocycles. The van der Waals surface area contributed by atoms with Crippen LogP contribution in [0.4, 0.5) is 0 Å². The van der Waals surface area contributed by atoms with E-state index < -0.39 is 41.2 Å². The minimum absolute atomic E-state index is 0.0219. The van der Waals surface area contributed by atoms with E-state index in [1.54, 1.807) is 13.0 Å². The van der Waals surface area contributed by atoms with Crippen molar-refractivity contribution in [2.45, 2.75) is 160 Å².